The number of sulfonamides is 1. The Kier molecular flexibility index (Phi) is 7.63. The van der Waals surface area contributed by atoms with Crippen LogP contribution in [-0.2, 0) is 10.0 Å². The quantitative estimate of drug-likeness (QED) is 0.465. The van der Waals surface area contributed by atoms with Crippen LogP contribution in [0.1, 0.15) is 53.1 Å². The van der Waals surface area contributed by atoms with Gasteiger partial charge in [0.25, 0.3) is 11.8 Å². The van der Waals surface area contributed by atoms with Crippen LogP contribution in [0.3, 0.4) is 0 Å². The second-order valence-corrected chi connectivity index (χ2v) is 9.62. The summed E-state index contributed by atoms with van der Waals surface area (Å²) in [4.78, 5) is 25.7. The van der Waals surface area contributed by atoms with E-state index in [2.05, 4.69) is 15.4 Å². The van der Waals surface area contributed by atoms with E-state index in [9.17, 15) is 18.0 Å². The highest BCUT2D eigenvalue weighted by Crippen LogP contribution is 2.19. The summed E-state index contributed by atoms with van der Waals surface area (Å²) in [5.41, 5.74) is 1.92. The van der Waals surface area contributed by atoms with E-state index < -0.39 is 15.9 Å². The minimum Gasteiger partial charge on any atom is -0.345 e. The van der Waals surface area contributed by atoms with Gasteiger partial charge in [0.1, 0.15) is 0 Å². The zero-order valence-corrected chi connectivity index (χ0v) is 19.5. The third-order valence-electron chi connectivity index (χ3n) is 4.88. The second kappa shape index (κ2) is 10.4. The molecule has 172 valence electrons. The van der Waals surface area contributed by atoms with Crippen molar-refractivity contribution in [3.63, 3.8) is 0 Å². The summed E-state index contributed by atoms with van der Waals surface area (Å²) in [6.07, 6.45) is 0. The van der Waals surface area contributed by atoms with Gasteiger partial charge >= 0.3 is 0 Å². The average molecular weight is 466 g/mol. The van der Waals surface area contributed by atoms with Gasteiger partial charge in [0.05, 0.1) is 22.2 Å². The minimum absolute atomic E-state index is 0.0717. The smallest absolute Gasteiger partial charge is 0.255 e. The molecule has 0 saturated heterocycles. The van der Waals surface area contributed by atoms with Gasteiger partial charge in [-0.2, -0.15) is 0 Å². The van der Waals surface area contributed by atoms with Crippen molar-refractivity contribution in [1.82, 2.24) is 10.0 Å². The molecule has 0 aromatic heterocycles. The van der Waals surface area contributed by atoms with Gasteiger partial charge < -0.3 is 10.6 Å². The monoisotopic (exact) mass is 465 g/mol. The topological polar surface area (TPSA) is 104 Å². The Hall–Kier alpha value is -3.49. The number of hydrogen-bond acceptors (Lipinski definition) is 4. The Morgan fingerprint density at radius 2 is 1.36 bits per heavy atom. The average Bonchev–Trinajstić information content (AvgIpc) is 2.79. The first kappa shape index (κ1) is 24.2. The highest BCUT2D eigenvalue weighted by Gasteiger charge is 2.18. The minimum atomic E-state index is -3.65. The normalized spacial score (nSPS) is 12.2. The third kappa shape index (κ3) is 6.27. The van der Waals surface area contributed by atoms with Crippen LogP contribution in [0.5, 0.6) is 0 Å². The number of carbonyl (C=O) groups excluding carboxylic acids is 2. The number of anilines is 1. The van der Waals surface area contributed by atoms with Gasteiger partial charge in [0.15, 0.2) is 0 Å². The van der Waals surface area contributed by atoms with Gasteiger partial charge in [-0.3, -0.25) is 9.59 Å². The van der Waals surface area contributed by atoms with E-state index in [-0.39, 0.29) is 28.4 Å². The third-order valence-corrected chi connectivity index (χ3v) is 6.56. The van der Waals surface area contributed by atoms with Crippen LogP contribution in [0.25, 0.3) is 0 Å². The molecular formula is C25H27N3O4S. The first-order valence-corrected chi connectivity index (χ1v) is 12.0. The number of amides is 2. The number of rotatable bonds is 8. The van der Waals surface area contributed by atoms with Gasteiger partial charge in [-0.15, -0.1) is 0 Å². The molecule has 0 aliphatic heterocycles. The fourth-order valence-electron chi connectivity index (χ4n) is 3.25. The molecule has 3 N–H and O–H groups in total. The molecule has 0 aliphatic rings. The van der Waals surface area contributed by atoms with E-state index in [0.29, 0.717) is 11.3 Å². The lowest BCUT2D eigenvalue weighted by Gasteiger charge is -2.16. The van der Waals surface area contributed by atoms with Crippen molar-refractivity contribution in [3.05, 3.63) is 95.6 Å². The molecule has 3 aromatic rings. The maximum atomic E-state index is 12.9. The molecule has 0 bridgehead atoms. The van der Waals surface area contributed by atoms with Crippen LogP contribution < -0.4 is 15.4 Å². The fourth-order valence-corrected chi connectivity index (χ4v) is 4.50. The van der Waals surface area contributed by atoms with Gasteiger partial charge in [-0.05, 0) is 62.7 Å². The van der Waals surface area contributed by atoms with E-state index in [1.165, 1.54) is 24.3 Å². The SMILES string of the molecule is CC(C)NS(=O)(=O)c1ccc(C(=O)Nc2ccccc2C(=O)NC(C)c2ccccc2)cc1. The summed E-state index contributed by atoms with van der Waals surface area (Å²) in [5.74, 6) is -0.768. The second-order valence-electron chi connectivity index (χ2n) is 7.91. The molecule has 1 unspecified atom stereocenters. The van der Waals surface area contributed by atoms with Crippen molar-refractivity contribution in [1.29, 1.82) is 0 Å². The van der Waals surface area contributed by atoms with Crippen LogP contribution in [0.2, 0.25) is 0 Å². The highest BCUT2D eigenvalue weighted by molar-refractivity contribution is 7.89. The molecule has 8 heteroatoms. The molecule has 0 aliphatic carbocycles. The van der Waals surface area contributed by atoms with Crippen molar-refractivity contribution >= 4 is 27.5 Å². The summed E-state index contributed by atoms with van der Waals surface area (Å²) >= 11 is 0. The molecule has 3 aromatic carbocycles. The van der Waals surface area contributed by atoms with E-state index in [4.69, 9.17) is 0 Å². The molecule has 0 radical (unpaired) electrons. The largest absolute Gasteiger partial charge is 0.345 e. The Morgan fingerprint density at radius 3 is 2.00 bits per heavy atom. The summed E-state index contributed by atoms with van der Waals surface area (Å²) in [6.45, 7) is 5.35. The number of para-hydroxylation sites is 1. The zero-order chi connectivity index (χ0) is 24.0. The molecule has 2 amide bonds. The predicted octanol–water partition coefficient (Wildman–Crippen LogP) is 4.12. The Bertz CT molecular complexity index is 1220. The molecule has 1 atom stereocenters. The molecule has 0 fully saturated rings. The van der Waals surface area contributed by atoms with Crippen molar-refractivity contribution < 1.29 is 18.0 Å². The summed E-state index contributed by atoms with van der Waals surface area (Å²) in [7, 11) is -3.65. The first-order chi connectivity index (χ1) is 15.7. The van der Waals surface area contributed by atoms with Gasteiger partial charge in [-0.1, -0.05) is 42.5 Å². The van der Waals surface area contributed by atoms with E-state index in [0.717, 1.165) is 5.56 Å². The first-order valence-electron chi connectivity index (χ1n) is 10.6. The molecule has 3 rings (SSSR count). The molecule has 0 spiro atoms. The van der Waals surface area contributed by atoms with Crippen molar-refractivity contribution in [2.24, 2.45) is 0 Å². The highest BCUT2D eigenvalue weighted by atomic mass is 32.2. The van der Waals surface area contributed by atoms with Gasteiger partial charge in [0.2, 0.25) is 10.0 Å². The van der Waals surface area contributed by atoms with Crippen LogP contribution in [0, 0.1) is 0 Å². The molecule has 7 nitrogen and oxygen atoms in total. The van der Waals surface area contributed by atoms with E-state index in [1.807, 2.05) is 37.3 Å². The molecule has 0 saturated carbocycles. The van der Waals surface area contributed by atoms with Crippen LogP contribution in [0.4, 0.5) is 5.69 Å². The van der Waals surface area contributed by atoms with Crippen LogP contribution >= 0.6 is 0 Å². The lowest BCUT2D eigenvalue weighted by atomic mass is 10.1. The predicted molar refractivity (Wildman–Crippen MR) is 129 cm³/mol. The molecular weight excluding hydrogens is 438 g/mol. The van der Waals surface area contributed by atoms with E-state index in [1.54, 1.807) is 38.1 Å². The Morgan fingerprint density at radius 1 is 0.758 bits per heavy atom. The maximum absolute atomic E-state index is 12.9. The standard InChI is InChI=1S/C25H27N3O4S/c1-17(2)28-33(31,32)21-15-13-20(14-16-21)24(29)27-23-12-8-7-11-22(23)25(30)26-18(3)19-9-5-4-6-10-19/h4-18,28H,1-3H3,(H,26,30)(H,27,29). The number of nitrogens with one attached hydrogen (secondary N) is 3. The number of hydrogen-bond donors (Lipinski definition) is 3. The Labute approximate surface area is 194 Å². The van der Waals surface area contributed by atoms with Crippen molar-refractivity contribution in [2.75, 3.05) is 5.32 Å². The van der Waals surface area contributed by atoms with Crippen molar-refractivity contribution in [2.45, 2.75) is 37.8 Å². The van der Waals surface area contributed by atoms with Gasteiger partial charge in [0, 0.05) is 11.6 Å². The molecule has 33 heavy (non-hydrogen) atoms. The number of carbonyl (C=O) groups is 2. The van der Waals surface area contributed by atoms with Crippen molar-refractivity contribution in [3.8, 4) is 0 Å². The lowest BCUT2D eigenvalue weighted by molar-refractivity contribution is 0.0940. The summed E-state index contributed by atoms with van der Waals surface area (Å²) < 4.78 is 27.0. The maximum Gasteiger partial charge on any atom is 0.255 e. The van der Waals surface area contributed by atoms with Crippen LogP contribution in [-0.4, -0.2) is 26.3 Å². The van der Waals surface area contributed by atoms with E-state index >= 15 is 0 Å². The Balaban J connectivity index is 1.74. The summed E-state index contributed by atoms with van der Waals surface area (Å²) in [5, 5.41) is 5.69. The lowest BCUT2D eigenvalue weighted by Crippen LogP contribution is -2.30. The molecule has 0 heterocycles. The fraction of sp³-hybridized carbons (Fsp3) is 0.200. The van der Waals surface area contributed by atoms with Gasteiger partial charge in [-0.25, -0.2) is 13.1 Å². The zero-order valence-electron chi connectivity index (χ0n) is 18.7. The summed E-state index contributed by atoms with van der Waals surface area (Å²) in [6, 6.07) is 21.5. The number of benzene rings is 3. The van der Waals surface area contributed by atoms with Crippen LogP contribution in [0.15, 0.2) is 83.8 Å².